The van der Waals surface area contributed by atoms with Gasteiger partial charge in [0.25, 0.3) is 0 Å². The van der Waals surface area contributed by atoms with Crippen LogP contribution in [0.5, 0.6) is 0 Å². The summed E-state index contributed by atoms with van der Waals surface area (Å²) in [5.74, 6) is 1.05. The zero-order chi connectivity index (χ0) is 13.4. The average Bonchev–Trinajstić information content (AvgIpc) is 2.80. The van der Waals surface area contributed by atoms with Crippen molar-refractivity contribution in [3.8, 4) is 0 Å². The first-order valence-electron chi connectivity index (χ1n) is 6.34. The maximum absolute atomic E-state index is 11.5. The zero-order valence-corrected chi connectivity index (χ0v) is 10.7. The quantitative estimate of drug-likeness (QED) is 0.844. The van der Waals surface area contributed by atoms with Crippen molar-refractivity contribution in [1.82, 2.24) is 19.8 Å². The zero-order valence-electron chi connectivity index (χ0n) is 10.7. The number of aromatic nitrogens is 4. The van der Waals surface area contributed by atoms with Crippen LogP contribution < -0.4 is 10.6 Å². The van der Waals surface area contributed by atoms with Crippen molar-refractivity contribution in [3.63, 3.8) is 0 Å². The predicted octanol–water partition coefficient (Wildman–Crippen LogP) is 0.365. The second-order valence-electron chi connectivity index (χ2n) is 4.87. The Bertz CT molecular complexity index is 664. The highest BCUT2D eigenvalue weighted by atomic mass is 16.2. The molecule has 0 radical (unpaired) electrons. The molecule has 0 aromatic carbocycles. The molecule has 0 atom stereocenters. The van der Waals surface area contributed by atoms with Crippen molar-refractivity contribution < 1.29 is 4.79 Å². The van der Waals surface area contributed by atoms with Crippen molar-refractivity contribution in [1.29, 1.82) is 0 Å². The Labute approximate surface area is 109 Å². The second-order valence-corrected chi connectivity index (χ2v) is 4.87. The fraction of sp³-hybridized carbons (Fsp3) is 0.500. The van der Waals surface area contributed by atoms with Gasteiger partial charge in [0.1, 0.15) is 11.6 Å². The van der Waals surface area contributed by atoms with Crippen molar-refractivity contribution >= 4 is 17.2 Å². The molecule has 1 fully saturated rings. The lowest BCUT2D eigenvalue weighted by atomic mass is 9.93. The molecule has 7 nitrogen and oxygen atoms in total. The molecule has 3 rings (SSSR count). The number of nitrogens with zero attached hydrogens (tertiary/aromatic N) is 4. The molecule has 2 aromatic rings. The highest BCUT2D eigenvalue weighted by molar-refractivity contribution is 5.79. The topological polar surface area (TPSA) is 83.4 Å². The number of hydrogen-bond acceptors (Lipinski definition) is 5. The van der Waals surface area contributed by atoms with Crippen LogP contribution in [0, 0.1) is 0 Å². The molecule has 1 saturated carbocycles. The van der Waals surface area contributed by atoms with Crippen LogP contribution in [0.3, 0.4) is 0 Å². The molecule has 0 aliphatic heterocycles. The standard InChI is InChI=1S/C12H15N5O2/c1-16(8-2-4-9(18)5-3-8)11-7-6-10-13-14-12(19)17(10)15-11/h6-8H,2-5H2,1H3,(H,14,19). The lowest BCUT2D eigenvalue weighted by Gasteiger charge is -2.31. The number of aromatic amines is 1. The van der Waals surface area contributed by atoms with Gasteiger partial charge in [-0.1, -0.05) is 0 Å². The van der Waals surface area contributed by atoms with Gasteiger partial charge >= 0.3 is 5.69 Å². The summed E-state index contributed by atoms with van der Waals surface area (Å²) in [6.07, 6.45) is 2.94. The fourth-order valence-corrected chi connectivity index (χ4v) is 2.48. The third-order valence-electron chi connectivity index (χ3n) is 3.68. The van der Waals surface area contributed by atoms with Crippen LogP contribution in [-0.2, 0) is 4.79 Å². The highest BCUT2D eigenvalue weighted by Gasteiger charge is 2.23. The lowest BCUT2D eigenvalue weighted by Crippen LogP contribution is -2.36. The number of Topliss-reactive ketones (excluding diaryl/α,β-unsaturated/α-hetero) is 1. The molecular formula is C12H15N5O2. The summed E-state index contributed by atoms with van der Waals surface area (Å²) in [6.45, 7) is 0. The largest absolute Gasteiger partial charge is 0.364 e. The molecule has 2 heterocycles. The normalized spacial score (nSPS) is 17.0. The maximum Gasteiger partial charge on any atom is 0.364 e. The predicted molar refractivity (Wildman–Crippen MR) is 69.3 cm³/mol. The Morgan fingerprint density at radius 2 is 2.05 bits per heavy atom. The van der Waals surface area contributed by atoms with Gasteiger partial charge in [-0.3, -0.25) is 4.79 Å². The molecule has 1 N–H and O–H groups in total. The first kappa shape index (κ1) is 11.9. The van der Waals surface area contributed by atoms with Gasteiger partial charge in [0.2, 0.25) is 0 Å². The summed E-state index contributed by atoms with van der Waals surface area (Å²) in [4.78, 5) is 24.8. The summed E-state index contributed by atoms with van der Waals surface area (Å²) in [7, 11) is 1.94. The number of carbonyl (C=O) groups is 1. The number of anilines is 1. The van der Waals surface area contributed by atoms with Gasteiger partial charge in [0.05, 0.1) is 0 Å². The van der Waals surface area contributed by atoms with Crippen molar-refractivity contribution in [2.75, 3.05) is 11.9 Å². The first-order valence-corrected chi connectivity index (χ1v) is 6.34. The highest BCUT2D eigenvalue weighted by Crippen LogP contribution is 2.23. The third kappa shape index (κ3) is 2.11. The molecule has 19 heavy (non-hydrogen) atoms. The number of rotatable bonds is 2. The number of nitrogens with one attached hydrogen (secondary N) is 1. The van der Waals surface area contributed by atoms with E-state index in [4.69, 9.17) is 0 Å². The summed E-state index contributed by atoms with van der Waals surface area (Å²) < 4.78 is 1.25. The van der Waals surface area contributed by atoms with Crippen LogP contribution in [0.25, 0.3) is 5.65 Å². The Morgan fingerprint density at radius 1 is 1.32 bits per heavy atom. The van der Waals surface area contributed by atoms with Gasteiger partial charge in [-0.05, 0) is 25.0 Å². The number of H-pyrrole nitrogens is 1. The van der Waals surface area contributed by atoms with Gasteiger partial charge in [0, 0.05) is 25.9 Å². The molecule has 0 bridgehead atoms. The Morgan fingerprint density at radius 3 is 2.79 bits per heavy atom. The Balaban J connectivity index is 1.88. The number of hydrogen-bond donors (Lipinski definition) is 1. The summed E-state index contributed by atoms with van der Waals surface area (Å²) >= 11 is 0. The molecule has 1 aliphatic rings. The lowest BCUT2D eigenvalue weighted by molar-refractivity contribution is -0.120. The first-order chi connectivity index (χ1) is 9.15. The molecule has 7 heteroatoms. The molecule has 0 spiro atoms. The smallest absolute Gasteiger partial charge is 0.355 e. The van der Waals surface area contributed by atoms with E-state index in [0.29, 0.717) is 30.3 Å². The van der Waals surface area contributed by atoms with Crippen LogP contribution >= 0.6 is 0 Å². The molecule has 1 aliphatic carbocycles. The van der Waals surface area contributed by atoms with Crippen molar-refractivity contribution in [2.24, 2.45) is 0 Å². The van der Waals surface area contributed by atoms with Gasteiger partial charge in [-0.25, -0.2) is 9.89 Å². The number of fused-ring (bicyclic) bond motifs is 1. The minimum atomic E-state index is -0.343. The van der Waals surface area contributed by atoms with Crippen LogP contribution in [-0.4, -0.2) is 38.7 Å². The number of carbonyl (C=O) groups excluding carboxylic acids is 1. The van der Waals surface area contributed by atoms with Crippen molar-refractivity contribution in [2.45, 2.75) is 31.7 Å². The fourth-order valence-electron chi connectivity index (χ4n) is 2.48. The summed E-state index contributed by atoms with van der Waals surface area (Å²) in [6, 6.07) is 3.89. The Hall–Kier alpha value is -2.18. The molecular weight excluding hydrogens is 246 g/mol. The summed E-state index contributed by atoms with van der Waals surface area (Å²) in [5.41, 5.74) is 0.157. The average molecular weight is 261 g/mol. The van der Waals surface area contributed by atoms with E-state index in [0.717, 1.165) is 18.7 Å². The molecule has 0 unspecified atom stereocenters. The molecule has 2 aromatic heterocycles. The molecule has 0 saturated heterocycles. The minimum Gasteiger partial charge on any atom is -0.355 e. The van der Waals surface area contributed by atoms with E-state index in [2.05, 4.69) is 15.3 Å². The number of ketones is 1. The third-order valence-corrected chi connectivity index (χ3v) is 3.68. The van der Waals surface area contributed by atoms with Gasteiger partial charge < -0.3 is 4.90 Å². The van der Waals surface area contributed by atoms with E-state index in [9.17, 15) is 9.59 Å². The monoisotopic (exact) mass is 261 g/mol. The molecule has 0 amide bonds. The minimum absolute atomic E-state index is 0.297. The van der Waals surface area contributed by atoms with E-state index in [-0.39, 0.29) is 5.69 Å². The summed E-state index contributed by atoms with van der Waals surface area (Å²) in [5, 5.41) is 10.5. The van der Waals surface area contributed by atoms with E-state index >= 15 is 0 Å². The van der Waals surface area contributed by atoms with Gasteiger partial charge in [-0.2, -0.15) is 9.61 Å². The van der Waals surface area contributed by atoms with Gasteiger partial charge in [0.15, 0.2) is 5.65 Å². The SMILES string of the molecule is CN(c1ccc2n[nH]c(=O)n2n1)C1CCC(=O)CC1. The van der Waals surface area contributed by atoms with E-state index in [1.807, 2.05) is 18.0 Å². The van der Waals surface area contributed by atoms with Crippen LogP contribution in [0.4, 0.5) is 5.82 Å². The van der Waals surface area contributed by atoms with E-state index in [1.165, 1.54) is 4.52 Å². The van der Waals surface area contributed by atoms with Crippen molar-refractivity contribution in [3.05, 3.63) is 22.6 Å². The molecule has 100 valence electrons. The van der Waals surface area contributed by atoms with Crippen LogP contribution in [0.2, 0.25) is 0 Å². The Kier molecular flexibility index (Phi) is 2.81. The van der Waals surface area contributed by atoms with Crippen LogP contribution in [0.1, 0.15) is 25.7 Å². The van der Waals surface area contributed by atoms with E-state index in [1.54, 1.807) is 6.07 Å². The van der Waals surface area contributed by atoms with Crippen LogP contribution in [0.15, 0.2) is 16.9 Å². The van der Waals surface area contributed by atoms with E-state index < -0.39 is 0 Å². The maximum atomic E-state index is 11.5. The second kappa shape index (κ2) is 4.49. The van der Waals surface area contributed by atoms with Gasteiger partial charge in [-0.15, -0.1) is 5.10 Å².